The summed E-state index contributed by atoms with van der Waals surface area (Å²) < 4.78 is 37.9. The number of sulfonamides is 1. The molecule has 11 heteroatoms. The second-order valence-corrected chi connectivity index (χ2v) is 13.0. The lowest BCUT2D eigenvalue weighted by atomic mass is 10.0. The molecular weight excluding hydrogens is 546 g/mol. The number of carbonyl (C=O) groups is 2. The van der Waals surface area contributed by atoms with Crippen molar-refractivity contribution in [2.45, 2.75) is 58.3 Å². The number of hydrogen-bond donors (Lipinski definition) is 2. The van der Waals surface area contributed by atoms with E-state index in [-0.39, 0.29) is 49.1 Å². The fourth-order valence-corrected chi connectivity index (χ4v) is 5.06. The minimum atomic E-state index is -3.43. The summed E-state index contributed by atoms with van der Waals surface area (Å²) in [5.41, 5.74) is 1.18. The van der Waals surface area contributed by atoms with Gasteiger partial charge in [0.1, 0.15) is 5.75 Å². The average molecular weight is 590 g/mol. The number of aliphatic hydroxyl groups excluding tert-OH is 1. The summed E-state index contributed by atoms with van der Waals surface area (Å²) in [6.07, 6.45) is 2.81. The van der Waals surface area contributed by atoms with Gasteiger partial charge in [-0.15, -0.1) is 0 Å². The molecule has 10 nitrogen and oxygen atoms in total. The van der Waals surface area contributed by atoms with Gasteiger partial charge < -0.3 is 24.8 Å². The minimum Gasteiger partial charge on any atom is -0.490 e. The van der Waals surface area contributed by atoms with E-state index in [4.69, 9.17) is 9.47 Å². The Kier molecular flexibility index (Phi) is 11.7. The predicted molar refractivity (Wildman–Crippen MR) is 159 cm³/mol. The molecule has 0 spiro atoms. The average Bonchev–Trinajstić information content (AvgIpc) is 2.94. The number of fused-ring (bicyclic) bond motifs is 1. The lowest BCUT2D eigenvalue weighted by Crippen LogP contribution is -2.47. The summed E-state index contributed by atoms with van der Waals surface area (Å²) in [4.78, 5) is 28.5. The topological polar surface area (TPSA) is 125 Å². The molecule has 1 aliphatic rings. The molecule has 1 aliphatic heterocycles. The van der Waals surface area contributed by atoms with Crippen molar-refractivity contribution in [3.8, 4) is 5.75 Å². The Morgan fingerprint density at radius 3 is 2.54 bits per heavy atom. The highest BCUT2D eigenvalue weighted by atomic mass is 32.2. The van der Waals surface area contributed by atoms with E-state index in [1.54, 1.807) is 54.3 Å². The summed E-state index contributed by atoms with van der Waals surface area (Å²) in [6.45, 7) is 6.11. The van der Waals surface area contributed by atoms with Gasteiger partial charge in [-0.25, -0.2) is 12.7 Å². The third-order valence-electron chi connectivity index (χ3n) is 7.35. The summed E-state index contributed by atoms with van der Waals surface area (Å²) in [5.74, 6) is -0.546. The van der Waals surface area contributed by atoms with Crippen LogP contribution in [0.5, 0.6) is 5.75 Å². The normalized spacial score (nSPS) is 21.9. The summed E-state index contributed by atoms with van der Waals surface area (Å²) in [7, 11) is -1.92. The Bertz CT molecular complexity index is 1270. The van der Waals surface area contributed by atoms with Crippen molar-refractivity contribution in [2.24, 2.45) is 5.92 Å². The molecule has 2 aromatic rings. The van der Waals surface area contributed by atoms with Crippen LogP contribution in [0.4, 0.5) is 5.69 Å². The molecule has 0 fully saturated rings. The molecule has 0 bridgehead atoms. The van der Waals surface area contributed by atoms with Crippen molar-refractivity contribution in [2.75, 3.05) is 44.9 Å². The van der Waals surface area contributed by atoms with Gasteiger partial charge >= 0.3 is 0 Å². The second-order valence-electron chi connectivity index (χ2n) is 10.9. The van der Waals surface area contributed by atoms with Gasteiger partial charge in [-0.3, -0.25) is 9.59 Å². The highest BCUT2D eigenvalue weighted by Gasteiger charge is 2.31. The maximum Gasteiger partial charge on any atom is 0.258 e. The molecule has 2 aromatic carbocycles. The maximum atomic E-state index is 14.1. The molecule has 0 aliphatic carbocycles. The highest BCUT2D eigenvalue weighted by Crippen LogP contribution is 2.29. The number of nitrogens with one attached hydrogen (secondary N) is 1. The van der Waals surface area contributed by atoms with E-state index in [0.717, 1.165) is 25.5 Å². The molecule has 41 heavy (non-hydrogen) atoms. The first-order valence-corrected chi connectivity index (χ1v) is 15.9. The van der Waals surface area contributed by atoms with E-state index in [2.05, 4.69) is 5.32 Å². The third-order valence-corrected chi connectivity index (χ3v) is 8.63. The molecular formula is C30H43N3O7S. The minimum absolute atomic E-state index is 0.140. The van der Waals surface area contributed by atoms with Gasteiger partial charge in [-0.1, -0.05) is 25.1 Å². The second kappa shape index (κ2) is 14.8. The van der Waals surface area contributed by atoms with Gasteiger partial charge in [0.15, 0.2) is 0 Å². The highest BCUT2D eigenvalue weighted by molar-refractivity contribution is 7.88. The first kappa shape index (κ1) is 32.5. The number of amides is 2. The number of aliphatic hydroxyl groups is 1. The molecule has 0 saturated heterocycles. The van der Waals surface area contributed by atoms with Crippen LogP contribution in [0.3, 0.4) is 0 Å². The fourth-order valence-electron chi connectivity index (χ4n) is 4.64. The van der Waals surface area contributed by atoms with Crippen molar-refractivity contribution in [3.63, 3.8) is 0 Å². The van der Waals surface area contributed by atoms with Crippen LogP contribution in [0, 0.1) is 5.92 Å². The van der Waals surface area contributed by atoms with Crippen LogP contribution in [0.25, 0.3) is 0 Å². The smallest absolute Gasteiger partial charge is 0.258 e. The van der Waals surface area contributed by atoms with Gasteiger partial charge in [0.2, 0.25) is 10.0 Å². The number of nitrogens with zero attached hydrogens (tertiary/aromatic N) is 2. The van der Waals surface area contributed by atoms with Crippen molar-refractivity contribution < 1.29 is 32.6 Å². The molecule has 226 valence electrons. The molecule has 0 aromatic heterocycles. The summed E-state index contributed by atoms with van der Waals surface area (Å²) >= 11 is 0. The third kappa shape index (κ3) is 9.26. The summed E-state index contributed by atoms with van der Waals surface area (Å²) in [6, 6.07) is 13.2. The Labute approximate surface area is 243 Å². The van der Waals surface area contributed by atoms with Gasteiger partial charge in [0, 0.05) is 43.9 Å². The Morgan fingerprint density at radius 2 is 1.88 bits per heavy atom. The lowest BCUT2D eigenvalue weighted by molar-refractivity contribution is -0.00828. The number of ether oxygens (including phenoxy) is 2. The molecule has 2 amide bonds. The molecule has 0 unspecified atom stereocenters. The Balaban J connectivity index is 1.99. The largest absolute Gasteiger partial charge is 0.490 e. The Hall–Kier alpha value is -2.99. The zero-order chi connectivity index (χ0) is 30.2. The fraction of sp³-hybridized carbons (Fsp3) is 0.533. The molecule has 2 N–H and O–H groups in total. The number of likely N-dealkylation sites (N-methyl/N-ethyl adjacent to an activating group) is 1. The van der Waals surface area contributed by atoms with Crippen LogP contribution in [-0.2, 0) is 14.8 Å². The van der Waals surface area contributed by atoms with E-state index < -0.39 is 22.2 Å². The van der Waals surface area contributed by atoms with Gasteiger partial charge in [0.05, 0.1) is 36.7 Å². The van der Waals surface area contributed by atoms with E-state index in [9.17, 15) is 23.1 Å². The predicted octanol–water partition coefficient (Wildman–Crippen LogP) is 3.63. The quantitative estimate of drug-likeness (QED) is 0.505. The Morgan fingerprint density at radius 1 is 1.17 bits per heavy atom. The first-order chi connectivity index (χ1) is 19.4. The van der Waals surface area contributed by atoms with Crippen LogP contribution < -0.4 is 10.1 Å². The van der Waals surface area contributed by atoms with Crippen LogP contribution in [0.2, 0.25) is 0 Å². The van der Waals surface area contributed by atoms with Crippen LogP contribution in [-0.4, -0.2) is 92.4 Å². The van der Waals surface area contributed by atoms with E-state index in [1.165, 1.54) is 11.4 Å². The van der Waals surface area contributed by atoms with Gasteiger partial charge in [-0.05, 0) is 63.4 Å². The van der Waals surface area contributed by atoms with E-state index >= 15 is 0 Å². The van der Waals surface area contributed by atoms with Crippen molar-refractivity contribution in [1.29, 1.82) is 0 Å². The number of carbonyl (C=O) groups excluding carboxylic acids is 2. The molecule has 4 atom stereocenters. The molecule has 0 radical (unpaired) electrons. The standard InChI is InChI=1S/C30H43N3O7S/c1-21-18-33(22(2)20-34)30(36)26-17-25(31-29(35)24-12-7-6-8-13-24)14-15-27(26)40-23(3)11-9-10-16-39-28(21)19-32(4)41(5,37)38/h6-8,12-15,17,21-23,28,34H,9-11,16,18-20H2,1-5H3,(H,31,35)/t21-,22+,23+,28-/m0/s1. The van der Waals surface area contributed by atoms with Crippen LogP contribution >= 0.6 is 0 Å². The van der Waals surface area contributed by atoms with Crippen LogP contribution in [0.15, 0.2) is 48.5 Å². The summed E-state index contributed by atoms with van der Waals surface area (Å²) in [5, 5.41) is 12.9. The van der Waals surface area contributed by atoms with Gasteiger partial charge in [0.25, 0.3) is 11.8 Å². The number of anilines is 1. The number of benzene rings is 2. The number of rotatable bonds is 7. The van der Waals surface area contributed by atoms with Crippen molar-refractivity contribution in [1.82, 2.24) is 9.21 Å². The number of hydrogen-bond acceptors (Lipinski definition) is 7. The monoisotopic (exact) mass is 589 g/mol. The van der Waals surface area contributed by atoms with Gasteiger partial charge in [-0.2, -0.15) is 0 Å². The maximum absolute atomic E-state index is 14.1. The van der Waals surface area contributed by atoms with Crippen LogP contribution in [0.1, 0.15) is 60.7 Å². The first-order valence-electron chi connectivity index (χ1n) is 14.0. The van der Waals surface area contributed by atoms with Crippen molar-refractivity contribution >= 4 is 27.5 Å². The van der Waals surface area contributed by atoms with E-state index in [0.29, 0.717) is 23.6 Å². The molecule has 0 saturated carbocycles. The SMILES string of the molecule is C[C@@H]1CCCCO[C@@H](CN(C)S(C)(=O)=O)[C@@H](C)CN([C@H](C)CO)C(=O)c2cc(NC(=O)c3ccccc3)ccc2O1. The zero-order valence-electron chi connectivity index (χ0n) is 24.6. The van der Waals surface area contributed by atoms with E-state index in [1.807, 2.05) is 19.9 Å². The molecule has 3 rings (SSSR count). The molecule has 1 heterocycles. The zero-order valence-corrected chi connectivity index (χ0v) is 25.4. The van der Waals surface area contributed by atoms with Crippen molar-refractivity contribution in [3.05, 3.63) is 59.7 Å². The lowest BCUT2D eigenvalue weighted by Gasteiger charge is -2.35.